The van der Waals surface area contributed by atoms with Crippen LogP contribution in [0.3, 0.4) is 0 Å². The van der Waals surface area contributed by atoms with Gasteiger partial charge in [0.1, 0.15) is 11.6 Å². The van der Waals surface area contributed by atoms with Crippen LogP contribution in [0.2, 0.25) is 0 Å². The number of hydrogen-bond acceptors (Lipinski definition) is 6. The second-order valence-electron chi connectivity index (χ2n) is 8.54. The van der Waals surface area contributed by atoms with Gasteiger partial charge in [-0.3, -0.25) is 14.9 Å². The first kappa shape index (κ1) is 21.9. The van der Waals surface area contributed by atoms with Crippen LogP contribution in [0.5, 0.6) is 0 Å². The van der Waals surface area contributed by atoms with Crippen LogP contribution in [-0.2, 0) is 16.1 Å². The molecule has 2 heterocycles. The van der Waals surface area contributed by atoms with Gasteiger partial charge < -0.3 is 9.64 Å². The molecule has 0 saturated heterocycles. The summed E-state index contributed by atoms with van der Waals surface area (Å²) in [5.74, 6) is -0.505. The lowest BCUT2D eigenvalue weighted by atomic mass is 9.64. The van der Waals surface area contributed by atoms with E-state index in [4.69, 9.17) is 4.74 Å². The van der Waals surface area contributed by atoms with Crippen LogP contribution in [-0.4, -0.2) is 45.6 Å². The van der Waals surface area contributed by atoms with Gasteiger partial charge in [0, 0.05) is 18.7 Å². The summed E-state index contributed by atoms with van der Waals surface area (Å²) < 4.78 is 5.11. The van der Waals surface area contributed by atoms with Crippen molar-refractivity contribution in [1.82, 2.24) is 15.1 Å². The van der Waals surface area contributed by atoms with E-state index in [1.807, 2.05) is 29.2 Å². The topological polar surface area (TPSA) is 84.4 Å². The third-order valence-electron chi connectivity index (χ3n) is 6.72. The second-order valence-corrected chi connectivity index (χ2v) is 9.60. The molecule has 4 rings (SSSR count). The van der Waals surface area contributed by atoms with Crippen molar-refractivity contribution in [3.05, 3.63) is 40.4 Å². The van der Waals surface area contributed by atoms with Gasteiger partial charge in [0.2, 0.25) is 11.0 Å². The van der Waals surface area contributed by atoms with E-state index in [1.54, 1.807) is 7.11 Å². The fraction of sp³-hybridized carbons (Fsp3) is 0.565. The highest BCUT2D eigenvalue weighted by Gasteiger charge is 2.55. The minimum atomic E-state index is -0.511. The molecule has 1 saturated carbocycles. The lowest BCUT2D eigenvalue weighted by Crippen LogP contribution is -2.64. The van der Waals surface area contributed by atoms with Crippen molar-refractivity contribution in [2.24, 2.45) is 0 Å². The number of rotatable bonds is 6. The van der Waals surface area contributed by atoms with E-state index in [9.17, 15) is 9.59 Å². The molecule has 7 nitrogen and oxygen atoms in total. The normalized spacial score (nSPS) is 21.1. The quantitative estimate of drug-likeness (QED) is 0.718. The fourth-order valence-electron chi connectivity index (χ4n) is 5.27. The van der Waals surface area contributed by atoms with Crippen LogP contribution in [0.25, 0.3) is 0 Å². The Kier molecular flexibility index (Phi) is 6.39. The van der Waals surface area contributed by atoms with E-state index in [2.05, 4.69) is 29.4 Å². The zero-order chi connectivity index (χ0) is 22.0. The molecule has 1 fully saturated rings. The Morgan fingerprint density at radius 1 is 1.29 bits per heavy atom. The number of nitrogens with zero attached hydrogens (tertiary/aromatic N) is 3. The lowest BCUT2D eigenvalue weighted by molar-refractivity contribution is -0.122. The predicted molar refractivity (Wildman–Crippen MR) is 120 cm³/mol. The van der Waals surface area contributed by atoms with Gasteiger partial charge in [-0.05, 0) is 37.8 Å². The van der Waals surface area contributed by atoms with Crippen LogP contribution >= 0.6 is 11.3 Å². The number of fused-ring (bicyclic) bond motifs is 1. The third-order valence-corrected chi connectivity index (χ3v) is 7.53. The van der Waals surface area contributed by atoms with E-state index in [0.29, 0.717) is 22.3 Å². The van der Waals surface area contributed by atoms with E-state index in [0.717, 1.165) is 44.1 Å². The van der Waals surface area contributed by atoms with Crippen LogP contribution in [0, 0.1) is 0 Å². The highest BCUT2D eigenvalue weighted by molar-refractivity contribution is 7.15. The molecule has 2 atom stereocenters. The number of carbonyl (C=O) groups excluding carboxylic acids is 2. The first-order valence-corrected chi connectivity index (χ1v) is 11.9. The summed E-state index contributed by atoms with van der Waals surface area (Å²) in [7, 11) is 1.60. The molecule has 2 aliphatic rings. The maximum atomic E-state index is 13.8. The van der Waals surface area contributed by atoms with Gasteiger partial charge in [-0.15, -0.1) is 10.2 Å². The van der Waals surface area contributed by atoms with Crippen molar-refractivity contribution in [2.45, 2.75) is 76.5 Å². The largest absolute Gasteiger partial charge is 0.377 e. The highest BCUT2D eigenvalue weighted by atomic mass is 32.1. The summed E-state index contributed by atoms with van der Waals surface area (Å²) in [5, 5.41) is 12.4. The Morgan fingerprint density at radius 2 is 2.03 bits per heavy atom. The van der Waals surface area contributed by atoms with Crippen LogP contribution in [0.15, 0.2) is 24.3 Å². The molecule has 1 spiro atoms. The summed E-state index contributed by atoms with van der Waals surface area (Å²) >= 11 is 1.32. The first-order chi connectivity index (χ1) is 15.0. The molecule has 1 aliphatic carbocycles. The number of hydrogen-bond donors (Lipinski definition) is 1. The van der Waals surface area contributed by atoms with E-state index in [-0.39, 0.29) is 17.9 Å². The van der Waals surface area contributed by atoms with Crippen molar-refractivity contribution >= 4 is 28.3 Å². The number of amides is 2. The van der Waals surface area contributed by atoms with Crippen LogP contribution in [0.4, 0.5) is 5.13 Å². The Balaban J connectivity index is 1.78. The number of ether oxygens (including phenoxy) is 1. The van der Waals surface area contributed by atoms with Gasteiger partial charge in [-0.25, -0.2) is 0 Å². The first-order valence-electron chi connectivity index (χ1n) is 11.1. The zero-order valence-corrected chi connectivity index (χ0v) is 19.2. The molecular formula is C23H30N4O3S. The van der Waals surface area contributed by atoms with Gasteiger partial charge in [-0.1, -0.05) is 55.7 Å². The summed E-state index contributed by atoms with van der Waals surface area (Å²) in [6, 6.07) is 7.65. The highest BCUT2D eigenvalue weighted by Crippen LogP contribution is 2.50. The molecular weight excluding hydrogens is 412 g/mol. The number of nitrogens with one attached hydrogen (secondary N) is 1. The number of benzene rings is 1. The van der Waals surface area contributed by atoms with E-state index < -0.39 is 11.5 Å². The molecule has 2 aromatic rings. The van der Waals surface area contributed by atoms with Crippen LogP contribution < -0.4 is 5.32 Å². The monoisotopic (exact) mass is 442 g/mol. The zero-order valence-electron chi connectivity index (χ0n) is 18.4. The molecule has 1 aromatic carbocycles. The van der Waals surface area contributed by atoms with Crippen LogP contribution in [0.1, 0.15) is 79.2 Å². The Morgan fingerprint density at radius 3 is 2.74 bits per heavy atom. The Bertz CT molecular complexity index is 954. The minimum absolute atomic E-state index is 0.0502. The molecule has 166 valence electrons. The summed E-state index contributed by atoms with van der Waals surface area (Å²) in [6.45, 7) is 4.56. The summed E-state index contributed by atoms with van der Waals surface area (Å²) in [5.41, 5.74) is 0.952. The van der Waals surface area contributed by atoms with E-state index in [1.165, 1.54) is 11.3 Å². The SMILES string of the molecule is CC[C@H](C)N1C(=O)c2ccccc2[C@@H](C(=O)Nc2nnc(COC)s2)C12CCCCC2. The standard InChI is InChI=1S/C23H30N4O3S/c1-4-15(2)27-21(29)17-11-7-6-10-16(17)19(23(27)12-8-5-9-13-23)20(28)24-22-26-25-18(31-22)14-30-3/h6-7,10-11,15,19H,4-5,8-9,12-14H2,1-3H3,(H,24,26,28)/t15-,19-/m0/s1. The van der Waals surface area contributed by atoms with Gasteiger partial charge in [-0.2, -0.15) is 0 Å². The summed E-state index contributed by atoms with van der Waals surface area (Å²) in [6.07, 6.45) is 5.69. The van der Waals surface area contributed by atoms with Crippen molar-refractivity contribution < 1.29 is 14.3 Å². The molecule has 1 aromatic heterocycles. The lowest BCUT2D eigenvalue weighted by Gasteiger charge is -2.55. The number of anilines is 1. The molecule has 8 heteroatoms. The predicted octanol–water partition coefficient (Wildman–Crippen LogP) is 4.36. The fourth-order valence-corrected chi connectivity index (χ4v) is 5.98. The third kappa shape index (κ3) is 3.87. The molecule has 2 amide bonds. The van der Waals surface area contributed by atoms with Gasteiger partial charge in [0.25, 0.3) is 5.91 Å². The molecule has 0 bridgehead atoms. The smallest absolute Gasteiger partial charge is 0.254 e. The van der Waals surface area contributed by atoms with Crippen molar-refractivity contribution in [1.29, 1.82) is 0 Å². The summed E-state index contributed by atoms with van der Waals surface area (Å²) in [4.78, 5) is 29.5. The maximum Gasteiger partial charge on any atom is 0.254 e. The van der Waals surface area contributed by atoms with Gasteiger partial charge in [0.05, 0.1) is 11.5 Å². The molecule has 31 heavy (non-hydrogen) atoms. The van der Waals surface area contributed by atoms with Crippen molar-refractivity contribution in [3.63, 3.8) is 0 Å². The molecule has 1 N–H and O–H groups in total. The van der Waals surface area contributed by atoms with E-state index >= 15 is 0 Å². The maximum absolute atomic E-state index is 13.8. The second kappa shape index (κ2) is 9.04. The van der Waals surface area contributed by atoms with Gasteiger partial charge in [0.15, 0.2) is 0 Å². The average Bonchev–Trinajstić information content (AvgIpc) is 3.21. The molecule has 1 aliphatic heterocycles. The Hall–Kier alpha value is -2.32. The van der Waals surface area contributed by atoms with Gasteiger partial charge >= 0.3 is 0 Å². The van der Waals surface area contributed by atoms with Crippen molar-refractivity contribution in [3.8, 4) is 0 Å². The minimum Gasteiger partial charge on any atom is -0.377 e. The molecule has 0 radical (unpaired) electrons. The number of methoxy groups -OCH3 is 1. The number of carbonyl (C=O) groups is 2. The van der Waals surface area contributed by atoms with Crippen molar-refractivity contribution in [2.75, 3.05) is 12.4 Å². The Labute approximate surface area is 187 Å². The number of aromatic nitrogens is 2. The molecule has 0 unspecified atom stereocenters. The average molecular weight is 443 g/mol.